The Morgan fingerprint density at radius 2 is 2.00 bits per heavy atom. The summed E-state index contributed by atoms with van der Waals surface area (Å²) < 4.78 is 4.49. The van der Waals surface area contributed by atoms with E-state index in [1.807, 2.05) is 13.8 Å². The lowest BCUT2D eigenvalue weighted by molar-refractivity contribution is -0.142. The molecular weight excluding hydrogens is 166 g/mol. The highest BCUT2D eigenvalue weighted by Gasteiger charge is 2.19. The van der Waals surface area contributed by atoms with Crippen molar-refractivity contribution >= 4 is 18.4 Å². The highest BCUT2D eigenvalue weighted by Crippen LogP contribution is 2.17. The molecule has 68 valence electrons. The maximum atomic E-state index is 10.7. The van der Waals surface area contributed by atoms with Gasteiger partial charge in [-0.1, -0.05) is 13.8 Å². The van der Waals surface area contributed by atoms with Crippen LogP contribution in [0.1, 0.15) is 20.3 Å². The van der Waals surface area contributed by atoms with Crippen LogP contribution in [0.4, 0.5) is 0 Å². The van der Waals surface area contributed by atoms with Gasteiger partial charge in [0.1, 0.15) is 0 Å². The summed E-state index contributed by atoms with van der Waals surface area (Å²) in [7, 11) is 1.38. The average molecular weight is 182 g/mol. The second kappa shape index (κ2) is 5.38. The standard InChI is InChI=1S/C7H15NO2.ClH/c1-7(2,5-8)4-6(9)10-3;/h4-5,8H2,1-3H3;1H. The monoisotopic (exact) mass is 181 g/mol. The van der Waals surface area contributed by atoms with Crippen molar-refractivity contribution in [2.24, 2.45) is 11.1 Å². The van der Waals surface area contributed by atoms with Crippen LogP contribution in [-0.2, 0) is 9.53 Å². The number of carbonyl (C=O) groups excluding carboxylic acids is 1. The zero-order valence-corrected chi connectivity index (χ0v) is 8.03. The van der Waals surface area contributed by atoms with Crippen molar-refractivity contribution in [3.63, 3.8) is 0 Å². The van der Waals surface area contributed by atoms with Gasteiger partial charge in [-0.25, -0.2) is 0 Å². The molecule has 0 spiro atoms. The minimum absolute atomic E-state index is 0. The van der Waals surface area contributed by atoms with Gasteiger partial charge in [-0.2, -0.15) is 0 Å². The number of carbonyl (C=O) groups is 1. The fourth-order valence-electron chi connectivity index (χ4n) is 0.535. The minimum atomic E-state index is -0.199. The summed E-state index contributed by atoms with van der Waals surface area (Å²) in [5.74, 6) is -0.199. The van der Waals surface area contributed by atoms with Crippen molar-refractivity contribution < 1.29 is 9.53 Å². The summed E-state index contributed by atoms with van der Waals surface area (Å²) >= 11 is 0. The van der Waals surface area contributed by atoms with Gasteiger partial charge in [0.25, 0.3) is 0 Å². The molecule has 0 atom stereocenters. The highest BCUT2D eigenvalue weighted by molar-refractivity contribution is 5.85. The van der Waals surface area contributed by atoms with E-state index < -0.39 is 0 Å². The molecular formula is C7H16ClNO2. The Morgan fingerprint density at radius 3 is 2.27 bits per heavy atom. The van der Waals surface area contributed by atoms with E-state index in [0.29, 0.717) is 13.0 Å². The number of methoxy groups -OCH3 is 1. The van der Waals surface area contributed by atoms with Gasteiger partial charge in [-0.05, 0) is 12.0 Å². The fourth-order valence-corrected chi connectivity index (χ4v) is 0.535. The lowest BCUT2D eigenvalue weighted by Crippen LogP contribution is -2.27. The zero-order valence-electron chi connectivity index (χ0n) is 7.22. The molecule has 0 aliphatic carbocycles. The number of hydrogen-bond donors (Lipinski definition) is 1. The van der Waals surface area contributed by atoms with E-state index in [1.165, 1.54) is 7.11 Å². The largest absolute Gasteiger partial charge is 0.469 e. The van der Waals surface area contributed by atoms with Crippen LogP contribution in [0.25, 0.3) is 0 Å². The number of nitrogens with two attached hydrogens (primary N) is 1. The van der Waals surface area contributed by atoms with Gasteiger partial charge < -0.3 is 10.5 Å². The molecule has 0 amide bonds. The Bertz CT molecular complexity index is 126. The SMILES string of the molecule is COC(=O)CC(C)(C)CN.Cl. The molecule has 4 heteroatoms. The van der Waals surface area contributed by atoms with Crippen LogP contribution >= 0.6 is 12.4 Å². The number of ether oxygens (including phenoxy) is 1. The molecule has 0 unspecified atom stereocenters. The highest BCUT2D eigenvalue weighted by atomic mass is 35.5. The first-order valence-electron chi connectivity index (χ1n) is 3.29. The normalized spacial score (nSPS) is 10.2. The first kappa shape index (κ1) is 13.3. The third-order valence-corrected chi connectivity index (χ3v) is 1.40. The molecule has 2 N–H and O–H groups in total. The van der Waals surface area contributed by atoms with E-state index in [9.17, 15) is 4.79 Å². The van der Waals surface area contributed by atoms with E-state index in [1.54, 1.807) is 0 Å². The van der Waals surface area contributed by atoms with Crippen LogP contribution in [0.2, 0.25) is 0 Å². The van der Waals surface area contributed by atoms with E-state index >= 15 is 0 Å². The lowest BCUT2D eigenvalue weighted by Gasteiger charge is -2.19. The number of hydrogen-bond acceptors (Lipinski definition) is 3. The maximum Gasteiger partial charge on any atom is 0.306 e. The Kier molecular flexibility index (Phi) is 6.52. The van der Waals surface area contributed by atoms with Crippen LogP contribution in [0.5, 0.6) is 0 Å². The third kappa shape index (κ3) is 6.13. The summed E-state index contributed by atoms with van der Waals surface area (Å²) in [5.41, 5.74) is 5.27. The average Bonchev–Trinajstić information content (AvgIpc) is 1.87. The second-order valence-electron chi connectivity index (χ2n) is 3.12. The fraction of sp³-hybridized carbons (Fsp3) is 0.857. The van der Waals surface area contributed by atoms with Crippen LogP contribution in [-0.4, -0.2) is 19.6 Å². The van der Waals surface area contributed by atoms with E-state index in [-0.39, 0.29) is 23.8 Å². The van der Waals surface area contributed by atoms with Gasteiger partial charge in [0, 0.05) is 0 Å². The molecule has 0 radical (unpaired) electrons. The summed E-state index contributed by atoms with van der Waals surface area (Å²) in [6, 6.07) is 0. The topological polar surface area (TPSA) is 52.3 Å². The Balaban J connectivity index is 0. The van der Waals surface area contributed by atoms with Crippen molar-refractivity contribution in [1.29, 1.82) is 0 Å². The van der Waals surface area contributed by atoms with Gasteiger partial charge in [0.15, 0.2) is 0 Å². The molecule has 0 aromatic rings. The second-order valence-corrected chi connectivity index (χ2v) is 3.12. The van der Waals surface area contributed by atoms with Crippen LogP contribution in [0.15, 0.2) is 0 Å². The Labute approximate surface area is 73.7 Å². The molecule has 3 nitrogen and oxygen atoms in total. The van der Waals surface area contributed by atoms with Crippen LogP contribution in [0.3, 0.4) is 0 Å². The predicted octanol–water partition coefficient (Wildman–Crippen LogP) is 0.956. The van der Waals surface area contributed by atoms with Crippen LogP contribution < -0.4 is 5.73 Å². The van der Waals surface area contributed by atoms with Gasteiger partial charge in [0.05, 0.1) is 13.5 Å². The number of rotatable bonds is 3. The molecule has 0 aromatic heterocycles. The van der Waals surface area contributed by atoms with Crippen molar-refractivity contribution in [2.45, 2.75) is 20.3 Å². The minimum Gasteiger partial charge on any atom is -0.469 e. The molecule has 0 rings (SSSR count). The first-order valence-corrected chi connectivity index (χ1v) is 3.29. The molecule has 0 aromatic carbocycles. The van der Waals surface area contributed by atoms with E-state index in [0.717, 1.165) is 0 Å². The molecule has 0 aliphatic heterocycles. The molecule has 0 fully saturated rings. The van der Waals surface area contributed by atoms with Crippen molar-refractivity contribution in [3.05, 3.63) is 0 Å². The molecule has 0 aliphatic rings. The molecule has 0 saturated carbocycles. The van der Waals surface area contributed by atoms with E-state index in [4.69, 9.17) is 5.73 Å². The van der Waals surface area contributed by atoms with Crippen LogP contribution in [0, 0.1) is 5.41 Å². The third-order valence-electron chi connectivity index (χ3n) is 1.40. The van der Waals surface area contributed by atoms with Gasteiger partial charge >= 0.3 is 5.97 Å². The zero-order chi connectivity index (χ0) is 8.20. The molecule has 0 bridgehead atoms. The molecule has 11 heavy (non-hydrogen) atoms. The predicted molar refractivity (Wildman–Crippen MR) is 46.7 cm³/mol. The first-order chi connectivity index (χ1) is 4.52. The summed E-state index contributed by atoms with van der Waals surface area (Å²) in [4.78, 5) is 10.7. The van der Waals surface area contributed by atoms with Crippen molar-refractivity contribution in [3.8, 4) is 0 Å². The van der Waals surface area contributed by atoms with E-state index in [2.05, 4.69) is 4.74 Å². The Hall–Kier alpha value is -0.280. The van der Waals surface area contributed by atoms with Gasteiger partial charge in [0.2, 0.25) is 0 Å². The van der Waals surface area contributed by atoms with Gasteiger partial charge in [-0.3, -0.25) is 4.79 Å². The summed E-state index contributed by atoms with van der Waals surface area (Å²) in [6.07, 6.45) is 0.389. The lowest BCUT2D eigenvalue weighted by atomic mass is 9.90. The molecule has 0 heterocycles. The van der Waals surface area contributed by atoms with Crippen molar-refractivity contribution in [2.75, 3.05) is 13.7 Å². The quantitative estimate of drug-likeness (QED) is 0.660. The summed E-state index contributed by atoms with van der Waals surface area (Å²) in [5, 5.41) is 0. The number of esters is 1. The maximum absolute atomic E-state index is 10.7. The Morgan fingerprint density at radius 1 is 1.55 bits per heavy atom. The van der Waals surface area contributed by atoms with Crippen molar-refractivity contribution in [1.82, 2.24) is 0 Å². The molecule has 0 saturated heterocycles. The van der Waals surface area contributed by atoms with Gasteiger partial charge in [-0.15, -0.1) is 12.4 Å². The summed E-state index contributed by atoms with van der Waals surface area (Å²) in [6.45, 7) is 4.37. The smallest absolute Gasteiger partial charge is 0.306 e. The number of halogens is 1.